The highest BCUT2D eigenvalue weighted by atomic mass is 16.6. The van der Waals surface area contributed by atoms with E-state index in [0.717, 1.165) is 44.9 Å². The van der Waals surface area contributed by atoms with Crippen molar-refractivity contribution in [3.63, 3.8) is 0 Å². The zero-order valence-corrected chi connectivity index (χ0v) is 25.9. The second-order valence-electron chi connectivity index (χ2n) is 11.2. The molecule has 6 rings (SSSR count). The Hall–Kier alpha value is -4.70. The van der Waals surface area contributed by atoms with Gasteiger partial charge in [0.1, 0.15) is 35.1 Å². The maximum Gasteiger partial charge on any atom is 0.144 e. The van der Waals surface area contributed by atoms with Gasteiger partial charge in [0, 0.05) is 38.3 Å². The van der Waals surface area contributed by atoms with Gasteiger partial charge in [-0.25, -0.2) is 9.98 Å². The van der Waals surface area contributed by atoms with Gasteiger partial charge in [-0.15, -0.1) is 0 Å². The number of aromatic nitrogens is 2. The van der Waals surface area contributed by atoms with Gasteiger partial charge in [-0.2, -0.15) is 0 Å². The van der Waals surface area contributed by atoms with Gasteiger partial charge in [-0.3, -0.25) is 0 Å². The molecule has 2 aromatic heterocycles. The summed E-state index contributed by atoms with van der Waals surface area (Å²) in [5.74, 6) is 1.49. The highest BCUT2D eigenvalue weighted by Gasteiger charge is 2.42. The van der Waals surface area contributed by atoms with E-state index in [2.05, 4.69) is 22.1 Å². The molecule has 1 fully saturated rings. The Balaban J connectivity index is 1.33. The van der Waals surface area contributed by atoms with Gasteiger partial charge in [0.15, 0.2) is 0 Å². The van der Waals surface area contributed by atoms with Crippen molar-refractivity contribution in [3.05, 3.63) is 120 Å². The van der Waals surface area contributed by atoms with E-state index in [-0.39, 0.29) is 6.61 Å². The number of benzene rings is 3. The first-order chi connectivity index (χ1) is 21.9. The smallest absolute Gasteiger partial charge is 0.144 e. The Bertz CT molecular complexity index is 1690. The van der Waals surface area contributed by atoms with Crippen molar-refractivity contribution in [3.8, 4) is 11.5 Å². The molecule has 0 aliphatic carbocycles. The number of aliphatic hydroxyl groups is 1. The van der Waals surface area contributed by atoms with Crippen LogP contribution in [0.3, 0.4) is 0 Å². The van der Waals surface area contributed by atoms with Crippen LogP contribution in [0.2, 0.25) is 0 Å². The van der Waals surface area contributed by atoms with Gasteiger partial charge in [-0.05, 0) is 53.1 Å². The van der Waals surface area contributed by atoms with Crippen LogP contribution in [0.25, 0.3) is 11.0 Å². The molecule has 3 atom stereocenters. The first-order valence-corrected chi connectivity index (χ1v) is 14.9. The van der Waals surface area contributed by atoms with Gasteiger partial charge < -0.3 is 33.5 Å². The van der Waals surface area contributed by atoms with Crippen molar-refractivity contribution in [1.29, 1.82) is 0 Å². The predicted molar refractivity (Wildman–Crippen MR) is 174 cm³/mol. The van der Waals surface area contributed by atoms with Crippen LogP contribution in [0.15, 0.2) is 108 Å². The largest absolute Gasteiger partial charge is 0.497 e. The van der Waals surface area contributed by atoms with Crippen LogP contribution in [-0.4, -0.2) is 73.0 Å². The average Bonchev–Trinajstić information content (AvgIpc) is 3.68. The van der Waals surface area contributed by atoms with E-state index in [1.807, 2.05) is 109 Å². The zero-order chi connectivity index (χ0) is 31.4. The molecule has 1 aliphatic rings. The number of aliphatic imine (C=N–C) groups is 1. The van der Waals surface area contributed by atoms with Gasteiger partial charge in [-0.1, -0.05) is 54.6 Å². The van der Waals surface area contributed by atoms with Crippen LogP contribution >= 0.6 is 0 Å². The fraction of sp³-hybridized carbons (Fsp3) is 0.278. The lowest BCUT2D eigenvalue weighted by Gasteiger charge is -2.37. The van der Waals surface area contributed by atoms with Crippen molar-refractivity contribution in [2.75, 3.05) is 34.9 Å². The third kappa shape index (κ3) is 6.02. The van der Waals surface area contributed by atoms with Gasteiger partial charge in [0.25, 0.3) is 0 Å². The minimum atomic E-state index is -1.01. The van der Waals surface area contributed by atoms with E-state index in [4.69, 9.17) is 18.9 Å². The summed E-state index contributed by atoms with van der Waals surface area (Å²) < 4.78 is 26.4. The van der Waals surface area contributed by atoms with Crippen LogP contribution in [0.1, 0.15) is 29.3 Å². The molecule has 0 unspecified atom stereocenters. The standard InChI is InChI=1S/C36H38N4O5/c1-39(2)24-38-31-18-20-37-35-30(31)19-21-40(35)34-22-32(41)33(45-34)23-44-36(25-8-6-5-7-9-25,26-10-14-28(42-3)15-11-26)27-12-16-29(43-4)17-13-27/h5-21,24,32-34,41H,22-23H2,1-4H3/t32-,33+,34+/m0/s1. The Morgan fingerprint density at radius 1 is 0.911 bits per heavy atom. The molecule has 3 heterocycles. The molecule has 0 amide bonds. The molecular weight excluding hydrogens is 568 g/mol. The predicted octanol–water partition coefficient (Wildman–Crippen LogP) is 5.93. The monoisotopic (exact) mass is 606 g/mol. The molecule has 232 valence electrons. The van der Waals surface area contributed by atoms with Crippen LogP contribution < -0.4 is 9.47 Å². The quantitative estimate of drug-likeness (QED) is 0.113. The molecule has 3 aromatic carbocycles. The molecule has 5 aromatic rings. The summed E-state index contributed by atoms with van der Waals surface area (Å²) >= 11 is 0. The van der Waals surface area contributed by atoms with E-state index in [1.165, 1.54) is 0 Å². The summed E-state index contributed by atoms with van der Waals surface area (Å²) in [6, 6.07) is 29.7. The molecule has 0 bridgehead atoms. The second-order valence-corrected chi connectivity index (χ2v) is 11.2. The lowest BCUT2D eigenvalue weighted by molar-refractivity contribution is -0.0930. The van der Waals surface area contributed by atoms with Crippen molar-refractivity contribution < 1.29 is 24.1 Å². The number of aliphatic hydroxyl groups excluding tert-OH is 1. The van der Waals surface area contributed by atoms with Gasteiger partial charge >= 0.3 is 0 Å². The number of nitrogens with zero attached hydrogens (tertiary/aromatic N) is 4. The molecule has 0 radical (unpaired) electrons. The maximum atomic E-state index is 11.3. The Morgan fingerprint density at radius 2 is 1.53 bits per heavy atom. The van der Waals surface area contributed by atoms with Crippen LogP contribution in [-0.2, 0) is 15.1 Å². The van der Waals surface area contributed by atoms with E-state index in [9.17, 15) is 5.11 Å². The number of methoxy groups -OCH3 is 2. The Labute approximate surface area is 263 Å². The number of hydrogen-bond donors (Lipinski definition) is 1. The molecule has 45 heavy (non-hydrogen) atoms. The van der Waals surface area contributed by atoms with Gasteiger partial charge in [0.05, 0.1) is 39.0 Å². The summed E-state index contributed by atoms with van der Waals surface area (Å²) in [4.78, 5) is 11.1. The fourth-order valence-corrected chi connectivity index (χ4v) is 5.88. The van der Waals surface area contributed by atoms with Gasteiger partial charge in [0.2, 0.25) is 0 Å². The highest BCUT2D eigenvalue weighted by molar-refractivity contribution is 5.89. The minimum Gasteiger partial charge on any atom is -0.497 e. The zero-order valence-electron chi connectivity index (χ0n) is 25.9. The number of rotatable bonds is 11. The third-order valence-electron chi connectivity index (χ3n) is 8.17. The minimum absolute atomic E-state index is 0.135. The van der Waals surface area contributed by atoms with Crippen molar-refractivity contribution in [2.24, 2.45) is 4.99 Å². The lowest BCUT2D eigenvalue weighted by atomic mass is 9.80. The molecule has 0 spiro atoms. The lowest BCUT2D eigenvalue weighted by Crippen LogP contribution is -2.38. The highest BCUT2D eigenvalue weighted by Crippen LogP contribution is 2.43. The summed E-state index contributed by atoms with van der Waals surface area (Å²) in [5, 5.41) is 12.2. The normalized spacial score (nSPS) is 18.5. The Kier molecular flexibility index (Phi) is 8.84. The fourth-order valence-electron chi connectivity index (χ4n) is 5.88. The summed E-state index contributed by atoms with van der Waals surface area (Å²) in [7, 11) is 7.16. The van der Waals surface area contributed by atoms with E-state index in [0.29, 0.717) is 6.42 Å². The topological polar surface area (TPSA) is 90.6 Å². The van der Waals surface area contributed by atoms with E-state index in [1.54, 1.807) is 26.8 Å². The van der Waals surface area contributed by atoms with Crippen LogP contribution in [0, 0.1) is 0 Å². The average molecular weight is 607 g/mol. The van der Waals surface area contributed by atoms with Crippen molar-refractivity contribution in [1.82, 2.24) is 14.5 Å². The first kappa shape index (κ1) is 30.3. The van der Waals surface area contributed by atoms with Crippen LogP contribution in [0.5, 0.6) is 11.5 Å². The summed E-state index contributed by atoms with van der Waals surface area (Å²) in [6.07, 6.45) is 4.10. The number of hydrogen-bond acceptors (Lipinski definition) is 7. The SMILES string of the molecule is COc1ccc(C(OC[C@H]2O[C@@H](n3ccc4c(N=CN(C)C)ccnc43)C[C@@H]2O)(c2ccccc2)c2ccc(OC)cc2)cc1. The molecule has 0 saturated carbocycles. The first-order valence-electron chi connectivity index (χ1n) is 14.9. The summed E-state index contributed by atoms with van der Waals surface area (Å²) in [5.41, 5.74) is 3.32. The number of pyridine rings is 1. The Morgan fingerprint density at radius 3 is 2.13 bits per heavy atom. The molecular formula is C36H38N4O5. The van der Waals surface area contributed by atoms with E-state index >= 15 is 0 Å². The number of fused-ring (bicyclic) bond motifs is 1. The second kappa shape index (κ2) is 13.1. The number of ether oxygens (including phenoxy) is 4. The molecule has 1 aliphatic heterocycles. The van der Waals surface area contributed by atoms with Crippen LogP contribution in [0.4, 0.5) is 5.69 Å². The van der Waals surface area contributed by atoms with Crippen molar-refractivity contribution >= 4 is 23.1 Å². The van der Waals surface area contributed by atoms with E-state index < -0.39 is 24.0 Å². The molecule has 9 heteroatoms. The molecule has 9 nitrogen and oxygen atoms in total. The maximum absolute atomic E-state index is 11.3. The molecule has 1 N–H and O–H groups in total. The van der Waals surface area contributed by atoms with Crippen molar-refractivity contribution in [2.45, 2.75) is 30.5 Å². The summed E-state index contributed by atoms with van der Waals surface area (Å²) in [6.45, 7) is 0.135. The third-order valence-corrected chi connectivity index (χ3v) is 8.17. The molecule has 1 saturated heterocycles.